The van der Waals surface area contributed by atoms with Crippen LogP contribution in [0.5, 0.6) is 0 Å². The number of aryl methyl sites for hydroxylation is 3. The minimum absolute atomic E-state index is 0.155. The lowest BCUT2D eigenvalue weighted by atomic mass is 10.1. The van der Waals surface area contributed by atoms with Gasteiger partial charge in [-0.15, -0.1) is 0 Å². The van der Waals surface area contributed by atoms with Gasteiger partial charge < -0.3 is 5.32 Å². The van der Waals surface area contributed by atoms with E-state index >= 15 is 0 Å². The van der Waals surface area contributed by atoms with Crippen LogP contribution in [-0.2, 0) is 16.0 Å². The largest absolute Gasteiger partial charge is 0.373 e. The van der Waals surface area contributed by atoms with E-state index in [1.54, 1.807) is 0 Å². The molecule has 0 bridgehead atoms. The van der Waals surface area contributed by atoms with Crippen molar-refractivity contribution in [2.45, 2.75) is 52.5 Å². The Bertz CT molecular complexity index is 811. The van der Waals surface area contributed by atoms with E-state index in [1.807, 2.05) is 49.4 Å². The lowest BCUT2D eigenvalue weighted by Crippen LogP contribution is -2.34. The third-order valence-corrected chi connectivity index (χ3v) is 5.01. The molecule has 2 aromatic carbocycles. The standard InChI is InChI=1S/C22H26N2O2/c1-4-5-6-17-8-11-19(12-9-17)24-21(25)14-20(22(24)26)23-18-10-7-15(2)16(3)13-18/h7-13,20,23H,4-6,14H2,1-3H3. The first-order chi connectivity index (χ1) is 12.5. The first kappa shape index (κ1) is 18.2. The number of benzene rings is 2. The van der Waals surface area contributed by atoms with Crippen LogP contribution in [0.15, 0.2) is 42.5 Å². The lowest BCUT2D eigenvalue weighted by Gasteiger charge is -2.17. The topological polar surface area (TPSA) is 49.4 Å². The van der Waals surface area contributed by atoms with Gasteiger partial charge in [0.1, 0.15) is 6.04 Å². The maximum absolute atomic E-state index is 12.8. The maximum atomic E-state index is 12.8. The van der Waals surface area contributed by atoms with Crippen LogP contribution in [0.25, 0.3) is 0 Å². The lowest BCUT2D eigenvalue weighted by molar-refractivity contribution is -0.121. The number of carbonyl (C=O) groups is 2. The summed E-state index contributed by atoms with van der Waals surface area (Å²) in [7, 11) is 0. The highest BCUT2D eigenvalue weighted by molar-refractivity contribution is 6.23. The Hall–Kier alpha value is -2.62. The predicted octanol–water partition coefficient (Wildman–Crippen LogP) is 4.39. The van der Waals surface area contributed by atoms with Crippen molar-refractivity contribution in [1.82, 2.24) is 0 Å². The van der Waals surface area contributed by atoms with Crippen molar-refractivity contribution < 1.29 is 9.59 Å². The monoisotopic (exact) mass is 350 g/mol. The second kappa shape index (κ2) is 7.73. The Balaban J connectivity index is 1.73. The molecule has 0 saturated carbocycles. The second-order valence-electron chi connectivity index (χ2n) is 7.04. The van der Waals surface area contributed by atoms with Crippen LogP contribution in [0.1, 0.15) is 42.9 Å². The second-order valence-corrected chi connectivity index (χ2v) is 7.04. The Morgan fingerprint density at radius 2 is 1.77 bits per heavy atom. The molecule has 26 heavy (non-hydrogen) atoms. The van der Waals surface area contributed by atoms with Gasteiger partial charge in [0.25, 0.3) is 5.91 Å². The predicted molar refractivity (Wildman–Crippen MR) is 105 cm³/mol. The van der Waals surface area contributed by atoms with E-state index in [2.05, 4.69) is 19.2 Å². The fourth-order valence-electron chi connectivity index (χ4n) is 3.24. The van der Waals surface area contributed by atoms with Crippen LogP contribution >= 0.6 is 0 Å². The van der Waals surface area contributed by atoms with Crippen LogP contribution < -0.4 is 10.2 Å². The van der Waals surface area contributed by atoms with Gasteiger partial charge in [-0.3, -0.25) is 9.59 Å². The van der Waals surface area contributed by atoms with E-state index in [-0.39, 0.29) is 18.2 Å². The zero-order valence-electron chi connectivity index (χ0n) is 15.7. The number of anilines is 2. The average Bonchev–Trinajstić information content (AvgIpc) is 2.90. The summed E-state index contributed by atoms with van der Waals surface area (Å²) in [6.45, 7) is 6.25. The first-order valence-electron chi connectivity index (χ1n) is 9.29. The molecule has 4 heteroatoms. The molecule has 2 aromatic rings. The van der Waals surface area contributed by atoms with Crippen LogP contribution in [-0.4, -0.2) is 17.9 Å². The molecule has 1 aliphatic rings. The molecule has 1 atom stereocenters. The van der Waals surface area contributed by atoms with Crippen molar-refractivity contribution in [3.05, 3.63) is 59.2 Å². The number of rotatable bonds is 6. The fourth-order valence-corrected chi connectivity index (χ4v) is 3.24. The normalized spacial score (nSPS) is 17.0. The maximum Gasteiger partial charge on any atom is 0.256 e. The third kappa shape index (κ3) is 3.79. The summed E-state index contributed by atoms with van der Waals surface area (Å²) in [5.41, 5.74) is 5.13. The Morgan fingerprint density at radius 1 is 1.04 bits per heavy atom. The highest BCUT2D eigenvalue weighted by Gasteiger charge is 2.39. The summed E-state index contributed by atoms with van der Waals surface area (Å²) in [6, 6.07) is 13.2. The number of unbranched alkanes of at least 4 members (excludes halogenated alkanes) is 1. The molecule has 0 spiro atoms. The SMILES string of the molecule is CCCCc1ccc(N2C(=O)CC(Nc3ccc(C)c(C)c3)C2=O)cc1. The molecule has 0 aliphatic carbocycles. The summed E-state index contributed by atoms with van der Waals surface area (Å²) in [6.07, 6.45) is 3.50. The van der Waals surface area contributed by atoms with Crippen molar-refractivity contribution in [3.8, 4) is 0 Å². The molecule has 1 N–H and O–H groups in total. The Labute approximate surface area is 155 Å². The molecular weight excluding hydrogens is 324 g/mol. The minimum Gasteiger partial charge on any atom is -0.373 e. The van der Waals surface area contributed by atoms with E-state index in [4.69, 9.17) is 0 Å². The highest BCUT2D eigenvalue weighted by Crippen LogP contribution is 2.26. The van der Waals surface area contributed by atoms with Crippen LogP contribution in [0.3, 0.4) is 0 Å². The molecule has 1 aliphatic heterocycles. The molecule has 0 radical (unpaired) electrons. The minimum atomic E-state index is -0.510. The molecule has 2 amide bonds. The van der Waals surface area contributed by atoms with Crippen LogP contribution in [0.2, 0.25) is 0 Å². The van der Waals surface area contributed by atoms with Gasteiger partial charge in [0.2, 0.25) is 5.91 Å². The van der Waals surface area contributed by atoms with E-state index in [0.29, 0.717) is 5.69 Å². The van der Waals surface area contributed by atoms with E-state index in [0.717, 1.165) is 30.5 Å². The number of hydrogen-bond donors (Lipinski definition) is 1. The number of nitrogens with zero attached hydrogens (tertiary/aromatic N) is 1. The third-order valence-electron chi connectivity index (χ3n) is 5.01. The van der Waals surface area contributed by atoms with Gasteiger partial charge in [-0.25, -0.2) is 4.90 Å². The molecular formula is C22H26N2O2. The van der Waals surface area contributed by atoms with Gasteiger partial charge in [-0.1, -0.05) is 31.5 Å². The molecule has 136 valence electrons. The molecule has 1 heterocycles. The summed E-state index contributed by atoms with van der Waals surface area (Å²) in [5, 5.41) is 3.22. The van der Waals surface area contributed by atoms with Gasteiger partial charge in [0, 0.05) is 5.69 Å². The van der Waals surface area contributed by atoms with Crippen molar-refractivity contribution in [2.24, 2.45) is 0 Å². The quantitative estimate of drug-likeness (QED) is 0.786. The Kier molecular flexibility index (Phi) is 5.40. The van der Waals surface area contributed by atoms with E-state index in [9.17, 15) is 9.59 Å². The number of imide groups is 1. The molecule has 0 aromatic heterocycles. The van der Waals surface area contributed by atoms with Gasteiger partial charge in [0.05, 0.1) is 12.1 Å². The summed E-state index contributed by atoms with van der Waals surface area (Å²) < 4.78 is 0. The summed E-state index contributed by atoms with van der Waals surface area (Å²) in [5.74, 6) is -0.341. The van der Waals surface area contributed by atoms with Gasteiger partial charge >= 0.3 is 0 Å². The number of nitrogens with one attached hydrogen (secondary N) is 1. The van der Waals surface area contributed by atoms with Gasteiger partial charge in [-0.2, -0.15) is 0 Å². The average molecular weight is 350 g/mol. The van der Waals surface area contributed by atoms with E-state index < -0.39 is 6.04 Å². The molecule has 1 saturated heterocycles. The molecule has 1 unspecified atom stereocenters. The molecule has 3 rings (SSSR count). The van der Waals surface area contributed by atoms with Crippen LogP contribution in [0.4, 0.5) is 11.4 Å². The van der Waals surface area contributed by atoms with Crippen molar-refractivity contribution >= 4 is 23.2 Å². The van der Waals surface area contributed by atoms with Gasteiger partial charge in [0.15, 0.2) is 0 Å². The van der Waals surface area contributed by atoms with Gasteiger partial charge in [-0.05, 0) is 67.6 Å². The highest BCUT2D eigenvalue weighted by atomic mass is 16.2. The zero-order chi connectivity index (χ0) is 18.7. The number of amides is 2. The van der Waals surface area contributed by atoms with Crippen molar-refractivity contribution in [2.75, 3.05) is 10.2 Å². The molecule has 4 nitrogen and oxygen atoms in total. The number of hydrogen-bond acceptors (Lipinski definition) is 3. The smallest absolute Gasteiger partial charge is 0.256 e. The zero-order valence-corrected chi connectivity index (χ0v) is 15.7. The number of carbonyl (C=O) groups excluding carboxylic acids is 2. The van der Waals surface area contributed by atoms with Crippen molar-refractivity contribution in [3.63, 3.8) is 0 Å². The molecule has 1 fully saturated rings. The first-order valence-corrected chi connectivity index (χ1v) is 9.29. The summed E-state index contributed by atoms with van der Waals surface area (Å²) in [4.78, 5) is 26.5. The van der Waals surface area contributed by atoms with E-state index in [1.165, 1.54) is 16.0 Å². The van der Waals surface area contributed by atoms with Crippen molar-refractivity contribution in [1.29, 1.82) is 0 Å². The Morgan fingerprint density at radius 3 is 2.42 bits per heavy atom. The fraction of sp³-hybridized carbons (Fsp3) is 0.364. The summed E-state index contributed by atoms with van der Waals surface area (Å²) >= 11 is 0. The van der Waals surface area contributed by atoms with Crippen LogP contribution in [0, 0.1) is 13.8 Å².